The second-order valence-electron chi connectivity index (χ2n) is 9.83. The third kappa shape index (κ3) is 4.58. The van der Waals surface area contributed by atoms with Crippen LogP contribution in [0, 0.1) is 6.92 Å². The van der Waals surface area contributed by atoms with Crippen LogP contribution in [0.4, 0.5) is 11.5 Å². The Morgan fingerprint density at radius 2 is 1.97 bits per heavy atom. The molecule has 9 heteroatoms. The lowest BCUT2D eigenvalue weighted by molar-refractivity contribution is -0.131. The highest BCUT2D eigenvalue weighted by molar-refractivity contribution is 5.93. The molecular weight excluding hydrogens is 452 g/mol. The number of aromatic amines is 2. The predicted octanol–water partition coefficient (Wildman–Crippen LogP) is 4.38. The molecule has 3 aromatic heterocycles. The summed E-state index contributed by atoms with van der Waals surface area (Å²) in [5.41, 5.74) is 5.98. The Bertz CT molecular complexity index is 1430. The zero-order valence-electron chi connectivity index (χ0n) is 20.7. The summed E-state index contributed by atoms with van der Waals surface area (Å²) in [6, 6.07) is 8.22. The second kappa shape index (κ2) is 9.73. The number of likely N-dealkylation sites (tertiary alicyclic amines) is 1. The summed E-state index contributed by atoms with van der Waals surface area (Å²) in [6.07, 6.45) is 9.03. The fraction of sp³-hybridized carbons (Fsp3) is 0.407. The lowest BCUT2D eigenvalue weighted by Crippen LogP contribution is -2.38. The van der Waals surface area contributed by atoms with Crippen LogP contribution in [-0.2, 0) is 4.79 Å². The van der Waals surface area contributed by atoms with Crippen LogP contribution in [0.2, 0.25) is 0 Å². The molecule has 36 heavy (non-hydrogen) atoms. The monoisotopic (exact) mass is 484 g/mol. The van der Waals surface area contributed by atoms with E-state index in [1.165, 1.54) is 24.8 Å². The van der Waals surface area contributed by atoms with Gasteiger partial charge in [0.2, 0.25) is 5.91 Å². The molecule has 0 unspecified atom stereocenters. The van der Waals surface area contributed by atoms with Gasteiger partial charge in [-0.15, -0.1) is 0 Å². The summed E-state index contributed by atoms with van der Waals surface area (Å²) in [5, 5.41) is 12.8. The first-order chi connectivity index (χ1) is 17.6. The second-order valence-corrected chi connectivity index (χ2v) is 9.83. The average Bonchev–Trinajstić information content (AvgIpc) is 3.52. The van der Waals surface area contributed by atoms with Crippen LogP contribution in [0.15, 0.2) is 36.7 Å². The molecule has 2 aliphatic heterocycles. The molecule has 3 N–H and O–H groups in total. The minimum absolute atomic E-state index is 0.259. The van der Waals surface area contributed by atoms with Gasteiger partial charge in [0, 0.05) is 42.8 Å². The molecule has 0 aliphatic carbocycles. The standard InChI is InChI=1S/C27H32N8O/c1-18-21-15-20(5-6-23(21)33-32-18)30-26-22-16-24(31-27(22)29-17-28-26)19-7-13-35(14-8-19)25(36)9-12-34-10-3-2-4-11-34/h5-7,15-17H,2-4,8-14H2,1H3,(H,32,33)(H2,28,29,30,31). The molecule has 0 atom stereocenters. The number of anilines is 2. The Balaban J connectivity index is 1.14. The molecule has 1 saturated heterocycles. The van der Waals surface area contributed by atoms with Crippen LogP contribution in [0.1, 0.15) is 43.5 Å². The highest BCUT2D eigenvalue weighted by Crippen LogP contribution is 2.30. The van der Waals surface area contributed by atoms with Gasteiger partial charge in [-0.25, -0.2) is 9.97 Å². The van der Waals surface area contributed by atoms with Gasteiger partial charge in [0.15, 0.2) is 0 Å². The maximum Gasteiger partial charge on any atom is 0.224 e. The molecule has 0 spiro atoms. The summed E-state index contributed by atoms with van der Waals surface area (Å²) in [6.45, 7) is 6.55. The quantitative estimate of drug-likeness (QED) is 0.375. The lowest BCUT2D eigenvalue weighted by Gasteiger charge is -2.29. The minimum Gasteiger partial charge on any atom is -0.340 e. The van der Waals surface area contributed by atoms with Crippen LogP contribution in [-0.4, -0.2) is 73.6 Å². The summed E-state index contributed by atoms with van der Waals surface area (Å²) >= 11 is 0. The zero-order valence-corrected chi connectivity index (χ0v) is 20.7. The first-order valence-corrected chi connectivity index (χ1v) is 12.9. The molecule has 1 fully saturated rings. The number of hydrogen-bond acceptors (Lipinski definition) is 6. The van der Waals surface area contributed by atoms with Gasteiger partial charge in [0.1, 0.15) is 17.8 Å². The van der Waals surface area contributed by atoms with Gasteiger partial charge in [0.25, 0.3) is 0 Å². The molecule has 0 radical (unpaired) electrons. The number of rotatable bonds is 6. The molecule has 0 saturated carbocycles. The van der Waals surface area contributed by atoms with E-state index in [0.29, 0.717) is 13.0 Å². The van der Waals surface area contributed by atoms with Gasteiger partial charge in [-0.05, 0) is 69.1 Å². The first kappa shape index (κ1) is 22.7. The molecular formula is C27H32N8O. The fourth-order valence-corrected chi connectivity index (χ4v) is 5.31. The van der Waals surface area contributed by atoms with Gasteiger partial charge in [-0.2, -0.15) is 5.10 Å². The summed E-state index contributed by atoms with van der Waals surface area (Å²) in [7, 11) is 0. The fourth-order valence-electron chi connectivity index (χ4n) is 5.31. The molecule has 1 amide bonds. The number of nitrogens with zero attached hydrogens (tertiary/aromatic N) is 5. The Kier molecular flexibility index (Phi) is 6.14. The van der Waals surface area contributed by atoms with E-state index in [9.17, 15) is 4.79 Å². The number of carbonyl (C=O) groups excluding carboxylic acids is 1. The number of carbonyl (C=O) groups is 1. The van der Waals surface area contributed by atoms with Crippen LogP contribution in [0.5, 0.6) is 0 Å². The van der Waals surface area contributed by atoms with Crippen molar-refractivity contribution in [3.63, 3.8) is 0 Å². The van der Waals surface area contributed by atoms with Crippen molar-refractivity contribution in [2.24, 2.45) is 0 Å². The minimum atomic E-state index is 0.259. The van der Waals surface area contributed by atoms with Gasteiger partial charge in [-0.1, -0.05) is 12.5 Å². The van der Waals surface area contributed by atoms with Crippen molar-refractivity contribution >= 4 is 44.9 Å². The number of piperidine rings is 1. The number of benzene rings is 1. The van der Waals surface area contributed by atoms with Crippen LogP contribution in [0.25, 0.3) is 27.5 Å². The zero-order chi connectivity index (χ0) is 24.5. The topological polar surface area (TPSA) is 106 Å². The van der Waals surface area contributed by atoms with E-state index in [1.807, 2.05) is 24.0 Å². The van der Waals surface area contributed by atoms with Crippen molar-refractivity contribution in [2.45, 2.75) is 39.0 Å². The largest absolute Gasteiger partial charge is 0.340 e. The molecule has 5 heterocycles. The Hall–Kier alpha value is -3.72. The normalized spacial score (nSPS) is 17.0. The van der Waals surface area contributed by atoms with Crippen molar-refractivity contribution in [1.29, 1.82) is 0 Å². The van der Waals surface area contributed by atoms with Crippen molar-refractivity contribution < 1.29 is 4.79 Å². The molecule has 6 rings (SSSR count). The predicted molar refractivity (Wildman–Crippen MR) is 142 cm³/mol. The first-order valence-electron chi connectivity index (χ1n) is 12.9. The van der Waals surface area contributed by atoms with Gasteiger partial charge < -0.3 is 20.1 Å². The van der Waals surface area contributed by atoms with E-state index in [0.717, 1.165) is 77.4 Å². The lowest BCUT2D eigenvalue weighted by atomic mass is 10.0. The number of fused-ring (bicyclic) bond motifs is 2. The summed E-state index contributed by atoms with van der Waals surface area (Å²) < 4.78 is 0. The number of hydrogen-bond donors (Lipinski definition) is 3. The van der Waals surface area contributed by atoms with Gasteiger partial charge in [-0.3, -0.25) is 9.89 Å². The van der Waals surface area contributed by atoms with E-state index >= 15 is 0 Å². The van der Waals surface area contributed by atoms with E-state index in [4.69, 9.17) is 0 Å². The Morgan fingerprint density at radius 3 is 2.81 bits per heavy atom. The molecule has 0 bridgehead atoms. The molecule has 2 aliphatic rings. The van der Waals surface area contributed by atoms with E-state index < -0.39 is 0 Å². The Labute approximate surface area is 210 Å². The number of nitrogens with one attached hydrogen (secondary N) is 3. The number of amides is 1. The van der Waals surface area contributed by atoms with E-state index in [2.05, 4.69) is 53.6 Å². The van der Waals surface area contributed by atoms with Crippen molar-refractivity contribution in [3.8, 4) is 0 Å². The number of aromatic nitrogens is 5. The average molecular weight is 485 g/mol. The maximum atomic E-state index is 12.8. The SMILES string of the molecule is Cc1n[nH]c2ccc(Nc3ncnc4[nH]c(C5=CCN(C(=O)CCN6CCCCC6)CC5)cc34)cc12. The highest BCUT2D eigenvalue weighted by Gasteiger charge is 2.21. The summed E-state index contributed by atoms with van der Waals surface area (Å²) in [4.78, 5) is 29.6. The van der Waals surface area contributed by atoms with Crippen LogP contribution in [0.3, 0.4) is 0 Å². The van der Waals surface area contributed by atoms with Gasteiger partial charge >= 0.3 is 0 Å². The Morgan fingerprint density at radius 1 is 1.08 bits per heavy atom. The third-order valence-corrected chi connectivity index (χ3v) is 7.44. The molecule has 4 aromatic rings. The van der Waals surface area contributed by atoms with Crippen LogP contribution < -0.4 is 5.32 Å². The number of aryl methyl sites for hydroxylation is 1. The smallest absolute Gasteiger partial charge is 0.224 e. The summed E-state index contributed by atoms with van der Waals surface area (Å²) in [5.74, 6) is 1.02. The molecule has 1 aromatic carbocycles. The number of H-pyrrole nitrogens is 2. The highest BCUT2D eigenvalue weighted by atomic mass is 16.2. The maximum absolute atomic E-state index is 12.8. The molecule has 9 nitrogen and oxygen atoms in total. The van der Waals surface area contributed by atoms with Crippen LogP contribution >= 0.6 is 0 Å². The molecule has 186 valence electrons. The van der Waals surface area contributed by atoms with Crippen molar-refractivity contribution in [3.05, 3.63) is 48.1 Å². The van der Waals surface area contributed by atoms with Gasteiger partial charge in [0.05, 0.1) is 16.6 Å². The van der Waals surface area contributed by atoms with E-state index in [-0.39, 0.29) is 5.91 Å². The van der Waals surface area contributed by atoms with Crippen molar-refractivity contribution in [1.82, 2.24) is 34.9 Å². The third-order valence-electron chi connectivity index (χ3n) is 7.44. The van der Waals surface area contributed by atoms with Crippen molar-refractivity contribution in [2.75, 3.05) is 38.0 Å². The van der Waals surface area contributed by atoms with E-state index in [1.54, 1.807) is 6.33 Å².